The highest BCUT2D eigenvalue weighted by atomic mass is 32.2. The van der Waals surface area contributed by atoms with E-state index >= 15 is 0 Å². The first-order valence-corrected chi connectivity index (χ1v) is 6.63. The van der Waals surface area contributed by atoms with Gasteiger partial charge in [0.15, 0.2) is 0 Å². The van der Waals surface area contributed by atoms with Crippen molar-refractivity contribution in [2.45, 2.75) is 10.4 Å². The van der Waals surface area contributed by atoms with Crippen LogP contribution in [0.2, 0.25) is 0 Å². The van der Waals surface area contributed by atoms with Crippen molar-refractivity contribution in [1.29, 1.82) is 0 Å². The molecule has 0 fully saturated rings. The lowest BCUT2D eigenvalue weighted by Crippen LogP contribution is -2.23. The molecule has 2 rings (SSSR count). The van der Waals surface area contributed by atoms with Crippen molar-refractivity contribution >= 4 is 9.84 Å². The van der Waals surface area contributed by atoms with Gasteiger partial charge in [0.05, 0.1) is 10.6 Å². The molecule has 0 bridgehead atoms. The third kappa shape index (κ3) is 2.60. The number of rotatable bonds is 2. The van der Waals surface area contributed by atoms with Gasteiger partial charge in [-0.15, -0.1) is 0 Å². The SMILES string of the molecule is O=S(=O)(c1ccc(-c2ccccn2)cc1)C(F)(F)F. The molecule has 0 aliphatic rings. The maximum atomic E-state index is 12.3. The van der Waals surface area contributed by atoms with Crippen molar-refractivity contribution in [2.75, 3.05) is 0 Å². The van der Waals surface area contributed by atoms with Crippen LogP contribution in [-0.4, -0.2) is 18.9 Å². The summed E-state index contributed by atoms with van der Waals surface area (Å²) in [5.74, 6) is 0. The highest BCUT2D eigenvalue weighted by Gasteiger charge is 2.46. The first kappa shape index (κ1) is 13.5. The second-order valence-corrected chi connectivity index (χ2v) is 5.63. The number of hydrogen-bond acceptors (Lipinski definition) is 3. The summed E-state index contributed by atoms with van der Waals surface area (Å²) in [6.45, 7) is 0. The molecule has 0 aliphatic heterocycles. The highest BCUT2D eigenvalue weighted by molar-refractivity contribution is 7.92. The summed E-state index contributed by atoms with van der Waals surface area (Å²) in [6, 6.07) is 9.53. The van der Waals surface area contributed by atoms with E-state index in [0.717, 1.165) is 12.1 Å². The molecule has 7 heteroatoms. The van der Waals surface area contributed by atoms with Crippen LogP contribution in [0.4, 0.5) is 13.2 Å². The topological polar surface area (TPSA) is 47.0 Å². The van der Waals surface area contributed by atoms with Crippen LogP contribution in [0.5, 0.6) is 0 Å². The third-order valence-electron chi connectivity index (χ3n) is 2.43. The van der Waals surface area contributed by atoms with Gasteiger partial charge in [0.2, 0.25) is 0 Å². The predicted molar refractivity (Wildman–Crippen MR) is 62.9 cm³/mol. The number of nitrogens with zero attached hydrogens (tertiary/aromatic N) is 1. The average molecular weight is 287 g/mol. The average Bonchev–Trinajstić information content (AvgIpc) is 2.39. The second kappa shape index (κ2) is 4.65. The summed E-state index contributed by atoms with van der Waals surface area (Å²) in [6.07, 6.45) is 1.54. The van der Waals surface area contributed by atoms with Crippen LogP contribution in [0.1, 0.15) is 0 Å². The largest absolute Gasteiger partial charge is 0.501 e. The van der Waals surface area contributed by atoms with Crippen LogP contribution < -0.4 is 0 Å². The molecule has 1 aromatic carbocycles. The zero-order chi connectivity index (χ0) is 14.1. The van der Waals surface area contributed by atoms with Crippen molar-refractivity contribution < 1.29 is 21.6 Å². The molecule has 19 heavy (non-hydrogen) atoms. The molecule has 0 spiro atoms. The Balaban J connectivity index is 2.40. The fourth-order valence-electron chi connectivity index (χ4n) is 1.47. The Morgan fingerprint density at radius 2 is 1.58 bits per heavy atom. The van der Waals surface area contributed by atoms with Crippen LogP contribution in [0.25, 0.3) is 11.3 Å². The summed E-state index contributed by atoms with van der Waals surface area (Å²) >= 11 is 0. The van der Waals surface area contributed by atoms with Gasteiger partial charge in [-0.1, -0.05) is 18.2 Å². The Kier molecular flexibility index (Phi) is 3.32. The third-order valence-corrected chi connectivity index (χ3v) is 3.93. The Morgan fingerprint density at radius 1 is 0.947 bits per heavy atom. The molecule has 0 aliphatic carbocycles. The van der Waals surface area contributed by atoms with Gasteiger partial charge < -0.3 is 0 Å². The van der Waals surface area contributed by atoms with Crippen molar-refractivity contribution in [2.24, 2.45) is 0 Å². The van der Waals surface area contributed by atoms with E-state index in [-0.39, 0.29) is 0 Å². The van der Waals surface area contributed by atoms with Crippen molar-refractivity contribution in [3.63, 3.8) is 0 Å². The number of alkyl halides is 3. The minimum absolute atomic E-state index is 0.543. The van der Waals surface area contributed by atoms with Gasteiger partial charge in [0, 0.05) is 11.8 Å². The summed E-state index contributed by atoms with van der Waals surface area (Å²) in [5.41, 5.74) is -4.19. The lowest BCUT2D eigenvalue weighted by molar-refractivity contribution is -0.0436. The fourth-order valence-corrected chi connectivity index (χ4v) is 2.23. The fraction of sp³-hybridized carbons (Fsp3) is 0.0833. The van der Waals surface area contributed by atoms with Crippen LogP contribution in [-0.2, 0) is 9.84 Å². The van der Waals surface area contributed by atoms with Crippen LogP contribution >= 0.6 is 0 Å². The maximum absolute atomic E-state index is 12.3. The van der Waals surface area contributed by atoms with E-state index in [0.29, 0.717) is 11.3 Å². The van der Waals surface area contributed by atoms with E-state index in [9.17, 15) is 21.6 Å². The van der Waals surface area contributed by atoms with Gasteiger partial charge in [0.25, 0.3) is 9.84 Å². The summed E-state index contributed by atoms with van der Waals surface area (Å²) in [4.78, 5) is 3.24. The quantitative estimate of drug-likeness (QED) is 0.853. The molecular formula is C12H8F3NO2S. The second-order valence-electron chi connectivity index (χ2n) is 3.69. The Bertz CT molecular complexity index is 664. The molecule has 0 atom stereocenters. The van der Waals surface area contributed by atoms with Gasteiger partial charge in [-0.25, -0.2) is 8.42 Å². The van der Waals surface area contributed by atoms with Gasteiger partial charge in [-0.3, -0.25) is 4.98 Å². The number of benzene rings is 1. The lowest BCUT2D eigenvalue weighted by atomic mass is 10.1. The van der Waals surface area contributed by atoms with Gasteiger partial charge in [-0.05, 0) is 24.3 Å². The molecule has 0 saturated heterocycles. The minimum Gasteiger partial charge on any atom is -0.256 e. The Hall–Kier alpha value is -1.89. The molecule has 0 unspecified atom stereocenters. The van der Waals surface area contributed by atoms with Crippen LogP contribution in [0.3, 0.4) is 0 Å². The minimum atomic E-state index is -5.30. The highest BCUT2D eigenvalue weighted by Crippen LogP contribution is 2.31. The summed E-state index contributed by atoms with van der Waals surface area (Å²) in [5, 5.41) is 0. The van der Waals surface area contributed by atoms with E-state index in [1.165, 1.54) is 18.3 Å². The summed E-state index contributed by atoms with van der Waals surface area (Å²) in [7, 11) is -5.30. The number of hydrogen-bond donors (Lipinski definition) is 0. The molecule has 2 aromatic rings. The van der Waals surface area contributed by atoms with Gasteiger partial charge >= 0.3 is 5.51 Å². The van der Waals surface area contributed by atoms with Gasteiger partial charge in [0.1, 0.15) is 0 Å². The van der Waals surface area contributed by atoms with Crippen molar-refractivity contribution in [1.82, 2.24) is 4.98 Å². The molecule has 0 radical (unpaired) electrons. The number of sulfone groups is 1. The van der Waals surface area contributed by atoms with Crippen LogP contribution in [0.15, 0.2) is 53.6 Å². The van der Waals surface area contributed by atoms with E-state index < -0.39 is 20.2 Å². The molecule has 0 N–H and O–H groups in total. The zero-order valence-corrected chi connectivity index (χ0v) is 10.2. The van der Waals surface area contributed by atoms with E-state index in [2.05, 4.69) is 4.98 Å². The zero-order valence-electron chi connectivity index (χ0n) is 9.42. The summed E-state index contributed by atoms with van der Waals surface area (Å²) < 4.78 is 59.3. The lowest BCUT2D eigenvalue weighted by Gasteiger charge is -2.08. The molecule has 1 aromatic heterocycles. The maximum Gasteiger partial charge on any atom is 0.501 e. The molecular weight excluding hydrogens is 279 g/mol. The number of aromatic nitrogens is 1. The Labute approximate surface area is 107 Å². The monoisotopic (exact) mass is 287 g/mol. The molecule has 0 amide bonds. The standard InChI is InChI=1S/C12H8F3NO2S/c13-12(14,15)19(17,18)10-6-4-9(5-7-10)11-3-1-2-8-16-11/h1-8H. The smallest absolute Gasteiger partial charge is 0.256 e. The molecule has 100 valence electrons. The van der Waals surface area contributed by atoms with Crippen molar-refractivity contribution in [3.8, 4) is 11.3 Å². The number of pyridine rings is 1. The first-order valence-electron chi connectivity index (χ1n) is 5.15. The predicted octanol–water partition coefficient (Wildman–Crippen LogP) is 3.04. The van der Waals surface area contributed by atoms with E-state index in [4.69, 9.17) is 0 Å². The van der Waals surface area contributed by atoms with Gasteiger partial charge in [-0.2, -0.15) is 13.2 Å². The molecule has 1 heterocycles. The normalized spacial score (nSPS) is 12.4. The first-order chi connectivity index (χ1) is 8.82. The number of halogens is 3. The Morgan fingerprint density at radius 3 is 2.05 bits per heavy atom. The molecule has 0 saturated carbocycles. The van der Waals surface area contributed by atoms with E-state index in [1.54, 1.807) is 18.2 Å². The van der Waals surface area contributed by atoms with Crippen LogP contribution in [0, 0.1) is 0 Å². The molecule has 3 nitrogen and oxygen atoms in total. The van der Waals surface area contributed by atoms with Crippen molar-refractivity contribution in [3.05, 3.63) is 48.7 Å². The van der Waals surface area contributed by atoms with E-state index in [1.807, 2.05) is 0 Å².